The third-order valence-corrected chi connectivity index (χ3v) is 4.96. The first-order chi connectivity index (χ1) is 12.0. The summed E-state index contributed by atoms with van der Waals surface area (Å²) >= 11 is 0. The molecule has 1 heterocycles. The van der Waals surface area contributed by atoms with Gasteiger partial charge in [0.05, 0.1) is 12.0 Å². The monoisotopic (exact) mass is 336 g/mol. The highest BCUT2D eigenvalue weighted by atomic mass is 16.2. The Kier molecular flexibility index (Phi) is 4.88. The fourth-order valence-electron chi connectivity index (χ4n) is 3.18. The summed E-state index contributed by atoms with van der Waals surface area (Å²) in [6, 6.07) is 15.8. The highest BCUT2D eigenvalue weighted by molar-refractivity contribution is 6.00. The van der Waals surface area contributed by atoms with Gasteiger partial charge in [-0.25, -0.2) is 0 Å². The van der Waals surface area contributed by atoms with E-state index in [0.717, 1.165) is 16.8 Å². The predicted octanol–water partition coefficient (Wildman–Crippen LogP) is 3.53. The van der Waals surface area contributed by atoms with E-state index in [1.54, 1.807) is 4.90 Å². The molecule has 2 amide bonds. The summed E-state index contributed by atoms with van der Waals surface area (Å²) in [5.74, 6) is -0.355. The number of hydrogen-bond acceptors (Lipinski definition) is 2. The second kappa shape index (κ2) is 7.09. The predicted molar refractivity (Wildman–Crippen MR) is 99.4 cm³/mol. The fraction of sp³-hybridized carbons (Fsp3) is 0.333. The Bertz CT molecular complexity index is 786. The molecule has 4 nitrogen and oxygen atoms in total. The molecule has 0 spiro atoms. The number of aryl methyl sites for hydroxylation is 2. The molecule has 130 valence electrons. The minimum atomic E-state index is -0.305. The highest BCUT2D eigenvalue weighted by Gasteiger charge is 2.35. The molecule has 0 aromatic heterocycles. The normalized spacial score (nSPS) is 18.3. The van der Waals surface area contributed by atoms with Crippen molar-refractivity contribution in [3.8, 4) is 0 Å². The van der Waals surface area contributed by atoms with Crippen molar-refractivity contribution in [3.05, 3.63) is 65.2 Å². The van der Waals surface area contributed by atoms with E-state index in [0.29, 0.717) is 6.54 Å². The Morgan fingerprint density at radius 3 is 2.52 bits per heavy atom. The van der Waals surface area contributed by atoms with Crippen molar-refractivity contribution in [1.82, 2.24) is 5.32 Å². The van der Waals surface area contributed by atoms with Gasteiger partial charge >= 0.3 is 0 Å². The summed E-state index contributed by atoms with van der Waals surface area (Å²) in [5.41, 5.74) is 4.28. The Hall–Kier alpha value is -2.62. The molecule has 1 fully saturated rings. The van der Waals surface area contributed by atoms with E-state index in [1.165, 1.54) is 5.56 Å². The first-order valence-corrected chi connectivity index (χ1v) is 8.68. The number of anilines is 1. The summed E-state index contributed by atoms with van der Waals surface area (Å²) < 4.78 is 0. The third-order valence-electron chi connectivity index (χ3n) is 4.96. The van der Waals surface area contributed by atoms with E-state index in [4.69, 9.17) is 0 Å². The molecule has 2 atom stereocenters. The maximum Gasteiger partial charge on any atom is 0.227 e. The SMILES string of the molecule is Cc1ccc(N2C[C@@H](C(=O)N[C@H](C)c3ccccc3)CC2=O)cc1C. The number of nitrogens with one attached hydrogen (secondary N) is 1. The first-order valence-electron chi connectivity index (χ1n) is 8.68. The lowest BCUT2D eigenvalue weighted by Crippen LogP contribution is -2.34. The Labute approximate surface area is 148 Å². The van der Waals surface area contributed by atoms with E-state index < -0.39 is 0 Å². The number of benzene rings is 2. The quantitative estimate of drug-likeness (QED) is 0.928. The summed E-state index contributed by atoms with van der Waals surface area (Å²) in [4.78, 5) is 26.7. The molecule has 3 rings (SSSR count). The van der Waals surface area contributed by atoms with Crippen molar-refractivity contribution in [2.45, 2.75) is 33.2 Å². The fourth-order valence-corrected chi connectivity index (χ4v) is 3.18. The number of hydrogen-bond donors (Lipinski definition) is 1. The van der Waals surface area contributed by atoms with Crippen LogP contribution in [-0.4, -0.2) is 18.4 Å². The number of rotatable bonds is 4. The second-order valence-corrected chi connectivity index (χ2v) is 6.81. The van der Waals surface area contributed by atoms with Crippen LogP contribution in [-0.2, 0) is 9.59 Å². The van der Waals surface area contributed by atoms with Crippen LogP contribution in [0.5, 0.6) is 0 Å². The van der Waals surface area contributed by atoms with Crippen LogP contribution in [0.15, 0.2) is 48.5 Å². The molecule has 0 bridgehead atoms. The lowest BCUT2D eigenvalue weighted by Gasteiger charge is -2.19. The minimum absolute atomic E-state index is 0.00997. The molecule has 0 aliphatic carbocycles. The van der Waals surface area contributed by atoms with E-state index in [-0.39, 0.29) is 30.2 Å². The van der Waals surface area contributed by atoms with Gasteiger partial charge in [0.1, 0.15) is 0 Å². The van der Waals surface area contributed by atoms with Gasteiger partial charge in [-0.2, -0.15) is 0 Å². The van der Waals surface area contributed by atoms with Gasteiger partial charge in [0.25, 0.3) is 0 Å². The van der Waals surface area contributed by atoms with Crippen LogP contribution < -0.4 is 10.2 Å². The molecule has 1 N–H and O–H groups in total. The topological polar surface area (TPSA) is 49.4 Å². The first kappa shape index (κ1) is 17.2. The van der Waals surface area contributed by atoms with Gasteiger partial charge in [0, 0.05) is 18.7 Å². The molecule has 25 heavy (non-hydrogen) atoms. The van der Waals surface area contributed by atoms with Crippen LogP contribution in [0.3, 0.4) is 0 Å². The summed E-state index contributed by atoms with van der Waals surface area (Å²) in [6.45, 7) is 6.48. The molecule has 0 saturated carbocycles. The Morgan fingerprint density at radius 1 is 1.12 bits per heavy atom. The molecule has 2 aromatic rings. The van der Waals surface area contributed by atoms with Gasteiger partial charge in [-0.3, -0.25) is 9.59 Å². The summed E-state index contributed by atoms with van der Waals surface area (Å²) in [6.07, 6.45) is 0.264. The minimum Gasteiger partial charge on any atom is -0.349 e. The summed E-state index contributed by atoms with van der Waals surface area (Å²) in [5, 5.41) is 3.03. The number of carbonyl (C=O) groups excluding carboxylic acids is 2. The second-order valence-electron chi connectivity index (χ2n) is 6.81. The largest absolute Gasteiger partial charge is 0.349 e. The van der Waals surface area contributed by atoms with Crippen molar-refractivity contribution >= 4 is 17.5 Å². The van der Waals surface area contributed by atoms with Crippen LogP contribution in [0.2, 0.25) is 0 Å². The van der Waals surface area contributed by atoms with Crippen molar-refractivity contribution in [2.24, 2.45) is 5.92 Å². The van der Waals surface area contributed by atoms with Crippen molar-refractivity contribution in [1.29, 1.82) is 0 Å². The molecule has 0 radical (unpaired) electrons. The average molecular weight is 336 g/mol. The zero-order chi connectivity index (χ0) is 18.0. The molecule has 2 aromatic carbocycles. The van der Waals surface area contributed by atoms with Crippen LogP contribution in [0, 0.1) is 19.8 Å². The maximum absolute atomic E-state index is 12.6. The maximum atomic E-state index is 12.6. The molecular formula is C21H24N2O2. The van der Waals surface area contributed by atoms with Gasteiger partial charge in [0.2, 0.25) is 11.8 Å². The molecule has 1 saturated heterocycles. The van der Waals surface area contributed by atoms with Gasteiger partial charge in [0.15, 0.2) is 0 Å². The molecular weight excluding hydrogens is 312 g/mol. The number of amides is 2. The lowest BCUT2D eigenvalue weighted by atomic mass is 10.1. The van der Waals surface area contributed by atoms with Crippen molar-refractivity contribution in [3.63, 3.8) is 0 Å². The highest BCUT2D eigenvalue weighted by Crippen LogP contribution is 2.27. The van der Waals surface area contributed by atoms with E-state index in [2.05, 4.69) is 5.32 Å². The van der Waals surface area contributed by atoms with Crippen LogP contribution in [0.4, 0.5) is 5.69 Å². The van der Waals surface area contributed by atoms with E-state index in [9.17, 15) is 9.59 Å². The van der Waals surface area contributed by atoms with Crippen LogP contribution >= 0.6 is 0 Å². The Balaban J connectivity index is 1.67. The van der Waals surface area contributed by atoms with Gasteiger partial charge in [-0.1, -0.05) is 36.4 Å². The average Bonchev–Trinajstić information content (AvgIpc) is 3.00. The molecule has 1 aliphatic heterocycles. The van der Waals surface area contributed by atoms with E-state index >= 15 is 0 Å². The van der Waals surface area contributed by atoms with Gasteiger partial charge in [-0.05, 0) is 49.6 Å². The van der Waals surface area contributed by atoms with Gasteiger partial charge in [-0.15, -0.1) is 0 Å². The third kappa shape index (κ3) is 3.73. The summed E-state index contributed by atoms with van der Waals surface area (Å²) in [7, 11) is 0. The van der Waals surface area contributed by atoms with Crippen LogP contribution in [0.25, 0.3) is 0 Å². The zero-order valence-electron chi connectivity index (χ0n) is 15.0. The molecule has 0 unspecified atom stereocenters. The lowest BCUT2D eigenvalue weighted by molar-refractivity contribution is -0.126. The molecule has 1 aliphatic rings. The number of carbonyl (C=O) groups is 2. The van der Waals surface area contributed by atoms with Crippen LogP contribution in [0.1, 0.15) is 36.1 Å². The van der Waals surface area contributed by atoms with E-state index in [1.807, 2.05) is 69.3 Å². The number of nitrogens with zero attached hydrogens (tertiary/aromatic N) is 1. The van der Waals surface area contributed by atoms with Crippen molar-refractivity contribution in [2.75, 3.05) is 11.4 Å². The zero-order valence-corrected chi connectivity index (χ0v) is 15.0. The Morgan fingerprint density at radius 2 is 1.84 bits per heavy atom. The smallest absolute Gasteiger partial charge is 0.227 e. The van der Waals surface area contributed by atoms with Gasteiger partial charge < -0.3 is 10.2 Å². The molecule has 4 heteroatoms. The standard InChI is InChI=1S/C21H24N2O2/c1-14-9-10-19(11-15(14)2)23-13-18(12-20(23)24)21(25)22-16(3)17-7-5-4-6-8-17/h4-11,16,18H,12-13H2,1-3H3,(H,22,25)/t16-,18+/m1/s1. The van der Waals surface area contributed by atoms with Crippen molar-refractivity contribution < 1.29 is 9.59 Å².